The van der Waals surface area contributed by atoms with Gasteiger partial charge in [-0.1, -0.05) is 66.2 Å². The molecule has 0 aliphatic heterocycles. The van der Waals surface area contributed by atoms with E-state index in [0.29, 0.717) is 11.6 Å². The predicted octanol–water partition coefficient (Wildman–Crippen LogP) is 5.68. The molecule has 0 fully saturated rings. The summed E-state index contributed by atoms with van der Waals surface area (Å²) in [5.74, 6) is 0.385. The first-order valence-electron chi connectivity index (χ1n) is 8.55. The number of carbonyl (C=O) groups is 1. The third-order valence-electron chi connectivity index (χ3n) is 3.83. The Bertz CT molecular complexity index is 885. The first-order valence-corrected chi connectivity index (χ1v) is 8.93. The van der Waals surface area contributed by atoms with Crippen molar-refractivity contribution in [1.29, 1.82) is 0 Å². The van der Waals surface area contributed by atoms with E-state index < -0.39 is 0 Å². The summed E-state index contributed by atoms with van der Waals surface area (Å²) in [4.78, 5) is 11.8. The van der Waals surface area contributed by atoms with Gasteiger partial charge in [0.25, 0.3) is 0 Å². The molecule has 3 nitrogen and oxygen atoms in total. The van der Waals surface area contributed by atoms with Gasteiger partial charge in [-0.3, -0.25) is 0 Å². The summed E-state index contributed by atoms with van der Waals surface area (Å²) in [5.41, 5.74) is 2.90. The molecule has 0 saturated heterocycles. The highest BCUT2D eigenvalue weighted by Gasteiger charge is 2.00. The van der Waals surface area contributed by atoms with E-state index in [-0.39, 0.29) is 12.6 Å². The van der Waals surface area contributed by atoms with Crippen molar-refractivity contribution in [2.45, 2.75) is 13.2 Å². The van der Waals surface area contributed by atoms with Crippen LogP contribution in [-0.4, -0.2) is 5.97 Å². The van der Waals surface area contributed by atoms with E-state index in [1.807, 2.05) is 78.9 Å². The molecule has 0 aliphatic rings. The smallest absolute Gasteiger partial charge is 0.331 e. The molecular weight excluding hydrogens is 360 g/mol. The Kier molecular flexibility index (Phi) is 6.66. The van der Waals surface area contributed by atoms with Crippen molar-refractivity contribution in [2.75, 3.05) is 0 Å². The molecule has 0 aliphatic carbocycles. The van der Waals surface area contributed by atoms with Crippen molar-refractivity contribution in [3.8, 4) is 5.75 Å². The number of halogens is 1. The molecule has 0 radical (unpaired) electrons. The van der Waals surface area contributed by atoms with E-state index in [2.05, 4.69) is 0 Å². The van der Waals surface area contributed by atoms with Gasteiger partial charge in [-0.05, 0) is 47.0 Å². The fraction of sp³-hybridized carbons (Fsp3) is 0.0870. The highest BCUT2D eigenvalue weighted by atomic mass is 35.5. The summed E-state index contributed by atoms with van der Waals surface area (Å²) in [6, 6.07) is 24.6. The molecule has 0 atom stereocenters. The molecule has 3 aromatic carbocycles. The minimum atomic E-state index is -0.373. The average molecular weight is 379 g/mol. The molecule has 4 heteroatoms. The van der Waals surface area contributed by atoms with E-state index in [1.54, 1.807) is 6.08 Å². The molecule has 0 bridgehead atoms. The lowest BCUT2D eigenvalue weighted by Crippen LogP contribution is -2.00. The van der Waals surface area contributed by atoms with Crippen LogP contribution in [0.3, 0.4) is 0 Å². The molecule has 0 unspecified atom stereocenters. The summed E-state index contributed by atoms with van der Waals surface area (Å²) < 4.78 is 11.0. The van der Waals surface area contributed by atoms with Gasteiger partial charge >= 0.3 is 5.97 Å². The Morgan fingerprint density at radius 3 is 2.19 bits per heavy atom. The zero-order valence-corrected chi connectivity index (χ0v) is 15.4. The molecule has 136 valence electrons. The predicted molar refractivity (Wildman–Crippen MR) is 107 cm³/mol. The van der Waals surface area contributed by atoms with Gasteiger partial charge < -0.3 is 9.47 Å². The quantitative estimate of drug-likeness (QED) is 0.392. The summed E-state index contributed by atoms with van der Waals surface area (Å²) >= 11 is 5.87. The Balaban J connectivity index is 1.47. The van der Waals surface area contributed by atoms with Crippen LogP contribution < -0.4 is 4.74 Å². The lowest BCUT2D eigenvalue weighted by molar-refractivity contribution is -0.138. The summed E-state index contributed by atoms with van der Waals surface area (Å²) in [6.07, 6.45) is 3.14. The number of esters is 1. The van der Waals surface area contributed by atoms with E-state index in [4.69, 9.17) is 21.1 Å². The van der Waals surface area contributed by atoms with Crippen LogP contribution in [0, 0.1) is 0 Å². The van der Waals surface area contributed by atoms with Gasteiger partial charge in [-0.2, -0.15) is 0 Å². The van der Waals surface area contributed by atoms with Crippen LogP contribution in [-0.2, 0) is 22.7 Å². The second kappa shape index (κ2) is 9.60. The fourth-order valence-electron chi connectivity index (χ4n) is 2.36. The maximum atomic E-state index is 11.8. The van der Waals surface area contributed by atoms with Crippen molar-refractivity contribution < 1.29 is 14.3 Å². The number of ether oxygens (including phenoxy) is 2. The fourth-order valence-corrected chi connectivity index (χ4v) is 2.49. The van der Waals surface area contributed by atoms with Gasteiger partial charge in [0.2, 0.25) is 0 Å². The Labute approximate surface area is 163 Å². The van der Waals surface area contributed by atoms with Gasteiger partial charge in [-0.25, -0.2) is 4.79 Å². The van der Waals surface area contributed by atoms with Gasteiger partial charge in [0, 0.05) is 11.1 Å². The summed E-state index contributed by atoms with van der Waals surface area (Å²) in [5, 5.41) is 0.706. The van der Waals surface area contributed by atoms with Crippen molar-refractivity contribution in [3.63, 3.8) is 0 Å². The zero-order valence-electron chi connectivity index (χ0n) is 14.7. The second-order valence-electron chi connectivity index (χ2n) is 5.91. The SMILES string of the molecule is O=C(/C=C/c1ccc(OCc2ccc(Cl)cc2)cc1)OCc1ccccc1. The van der Waals surface area contributed by atoms with Gasteiger partial charge in [0.15, 0.2) is 0 Å². The second-order valence-corrected chi connectivity index (χ2v) is 6.35. The van der Waals surface area contributed by atoms with Crippen LogP contribution in [0.15, 0.2) is 84.9 Å². The van der Waals surface area contributed by atoms with Crippen LogP contribution >= 0.6 is 11.6 Å². The van der Waals surface area contributed by atoms with Crippen molar-refractivity contribution in [2.24, 2.45) is 0 Å². The zero-order chi connectivity index (χ0) is 18.9. The molecule has 0 N–H and O–H groups in total. The molecule has 3 aromatic rings. The van der Waals surface area contributed by atoms with Gasteiger partial charge in [-0.15, -0.1) is 0 Å². The average Bonchev–Trinajstić information content (AvgIpc) is 2.72. The summed E-state index contributed by atoms with van der Waals surface area (Å²) in [6.45, 7) is 0.736. The van der Waals surface area contributed by atoms with Crippen LogP contribution in [0.4, 0.5) is 0 Å². The van der Waals surface area contributed by atoms with Crippen LogP contribution in [0.2, 0.25) is 5.02 Å². The largest absolute Gasteiger partial charge is 0.489 e. The minimum Gasteiger partial charge on any atom is -0.489 e. The number of hydrogen-bond donors (Lipinski definition) is 0. The lowest BCUT2D eigenvalue weighted by Gasteiger charge is -2.06. The van der Waals surface area contributed by atoms with Crippen molar-refractivity contribution in [1.82, 2.24) is 0 Å². The molecule has 0 heterocycles. The lowest BCUT2D eigenvalue weighted by atomic mass is 10.2. The highest BCUT2D eigenvalue weighted by Crippen LogP contribution is 2.16. The van der Waals surface area contributed by atoms with E-state index in [0.717, 1.165) is 22.4 Å². The molecule has 0 aromatic heterocycles. The van der Waals surface area contributed by atoms with Crippen LogP contribution in [0.5, 0.6) is 5.75 Å². The third kappa shape index (κ3) is 6.32. The maximum Gasteiger partial charge on any atom is 0.331 e. The third-order valence-corrected chi connectivity index (χ3v) is 4.09. The van der Waals surface area contributed by atoms with Crippen LogP contribution in [0.1, 0.15) is 16.7 Å². The maximum absolute atomic E-state index is 11.8. The first kappa shape index (κ1) is 18.7. The normalized spacial score (nSPS) is 10.7. The topological polar surface area (TPSA) is 35.5 Å². The Morgan fingerprint density at radius 2 is 1.48 bits per heavy atom. The molecule has 3 rings (SSSR count). The van der Waals surface area contributed by atoms with E-state index in [9.17, 15) is 4.79 Å². The van der Waals surface area contributed by atoms with Crippen molar-refractivity contribution in [3.05, 3.63) is 107 Å². The monoisotopic (exact) mass is 378 g/mol. The summed E-state index contributed by atoms with van der Waals surface area (Å²) in [7, 11) is 0. The van der Waals surface area contributed by atoms with Crippen LogP contribution in [0.25, 0.3) is 6.08 Å². The number of benzene rings is 3. The molecular formula is C23H19ClO3. The first-order chi connectivity index (χ1) is 13.2. The molecule has 0 spiro atoms. The van der Waals surface area contributed by atoms with Gasteiger partial charge in [0.05, 0.1) is 0 Å². The minimum absolute atomic E-state index is 0.265. The molecule has 0 saturated carbocycles. The molecule has 0 amide bonds. The Hall–Kier alpha value is -3.04. The molecule has 27 heavy (non-hydrogen) atoms. The Morgan fingerprint density at radius 1 is 0.815 bits per heavy atom. The van der Waals surface area contributed by atoms with Crippen molar-refractivity contribution >= 4 is 23.6 Å². The van der Waals surface area contributed by atoms with Gasteiger partial charge in [0.1, 0.15) is 19.0 Å². The van der Waals surface area contributed by atoms with E-state index >= 15 is 0 Å². The number of carbonyl (C=O) groups excluding carboxylic acids is 1. The van der Waals surface area contributed by atoms with E-state index in [1.165, 1.54) is 6.08 Å². The standard InChI is InChI=1S/C23H19ClO3/c24-21-11-6-20(7-12-21)16-26-22-13-8-18(9-14-22)10-15-23(25)27-17-19-4-2-1-3-5-19/h1-15H,16-17H2/b15-10+. The highest BCUT2D eigenvalue weighted by molar-refractivity contribution is 6.30. The number of hydrogen-bond acceptors (Lipinski definition) is 3. The number of rotatable bonds is 7.